The molecule has 1 N–H and O–H groups in total. The number of nitrogens with one attached hydrogen (secondary N) is 1. The number of nitrogens with zero attached hydrogens (tertiary/aromatic N) is 2. The van der Waals surface area contributed by atoms with Crippen LogP contribution < -0.4 is 14.8 Å². The minimum atomic E-state index is -1.35. The predicted octanol–water partition coefficient (Wildman–Crippen LogP) is 5.87. The number of amides is 1. The zero-order valence-corrected chi connectivity index (χ0v) is 22.8. The second-order valence-electron chi connectivity index (χ2n) is 11.0. The molecule has 208 valence electrons. The van der Waals surface area contributed by atoms with E-state index in [0.29, 0.717) is 42.5 Å². The molecule has 0 bridgehead atoms. The second kappa shape index (κ2) is 9.89. The zero-order valence-electron chi connectivity index (χ0n) is 22.8. The maximum Gasteiger partial charge on any atom is 0.256 e. The third kappa shape index (κ3) is 3.81. The quantitative estimate of drug-likeness (QED) is 0.229. The molecule has 2 saturated heterocycles. The monoisotopic (exact) mass is 549 g/mol. The number of nitro groups is 1. The highest BCUT2D eigenvalue weighted by Gasteiger charge is 2.73. The Bertz CT molecular complexity index is 1670. The number of para-hydroxylation sites is 1. The molecule has 8 heteroatoms. The van der Waals surface area contributed by atoms with Crippen LogP contribution in [0.25, 0.3) is 10.8 Å². The van der Waals surface area contributed by atoms with Gasteiger partial charge in [-0.3, -0.25) is 19.8 Å². The molecule has 41 heavy (non-hydrogen) atoms. The van der Waals surface area contributed by atoms with Crippen molar-refractivity contribution in [3.8, 4) is 11.5 Å². The molecule has 3 aliphatic rings. The van der Waals surface area contributed by atoms with Gasteiger partial charge in [0.1, 0.15) is 6.61 Å². The van der Waals surface area contributed by atoms with E-state index in [4.69, 9.17) is 9.47 Å². The van der Waals surface area contributed by atoms with Crippen molar-refractivity contribution in [1.82, 2.24) is 4.90 Å². The second-order valence-corrected chi connectivity index (χ2v) is 11.0. The molecule has 8 nitrogen and oxygen atoms in total. The Hall–Kier alpha value is -4.43. The van der Waals surface area contributed by atoms with E-state index in [2.05, 4.69) is 34.5 Å². The molecule has 1 spiro atoms. The van der Waals surface area contributed by atoms with Gasteiger partial charge in [0.15, 0.2) is 17.0 Å². The van der Waals surface area contributed by atoms with Crippen LogP contribution in [0.3, 0.4) is 0 Å². The normalized spacial score (nSPS) is 24.8. The van der Waals surface area contributed by atoms with Crippen LogP contribution in [0.1, 0.15) is 42.4 Å². The predicted molar refractivity (Wildman–Crippen MR) is 156 cm³/mol. The van der Waals surface area contributed by atoms with E-state index >= 15 is 0 Å². The van der Waals surface area contributed by atoms with E-state index in [-0.39, 0.29) is 16.9 Å². The van der Waals surface area contributed by atoms with Gasteiger partial charge in [0.25, 0.3) is 11.9 Å². The number of fused-ring (bicyclic) bond motifs is 5. The summed E-state index contributed by atoms with van der Waals surface area (Å²) < 4.78 is 12.3. The number of carbonyl (C=O) groups is 1. The Morgan fingerprint density at radius 3 is 2.66 bits per heavy atom. The highest BCUT2D eigenvalue weighted by molar-refractivity contribution is 6.07. The van der Waals surface area contributed by atoms with Gasteiger partial charge < -0.3 is 14.8 Å². The van der Waals surface area contributed by atoms with Gasteiger partial charge in [-0.2, -0.15) is 0 Å². The summed E-state index contributed by atoms with van der Waals surface area (Å²) in [6, 6.07) is 26.1. The van der Waals surface area contributed by atoms with Crippen LogP contribution in [0.5, 0.6) is 11.5 Å². The van der Waals surface area contributed by atoms with E-state index < -0.39 is 17.5 Å². The first-order chi connectivity index (χ1) is 20.0. The standard InChI is InChI=1S/C33H31N3O5/c1-2-40-29-19-22(16-17-28(29)41-20-23-11-7-10-21-9-3-4-12-24(21)23)30-27-15-8-18-35(27)33(31(30)36(38)39)25-13-5-6-14-26(25)34-32(33)37/h3-7,9-14,16-17,19,27,30-31H,2,8,15,18,20H2,1H3,(H,34,37)/t27-,30+,31+,33-/m0/s1. The molecule has 0 aliphatic carbocycles. The number of rotatable bonds is 7. The average Bonchev–Trinajstić information content (AvgIpc) is 3.65. The van der Waals surface area contributed by atoms with Gasteiger partial charge in [0, 0.05) is 28.8 Å². The number of anilines is 1. The Balaban J connectivity index is 1.27. The van der Waals surface area contributed by atoms with Gasteiger partial charge in [0.2, 0.25) is 0 Å². The first-order valence-corrected chi connectivity index (χ1v) is 14.2. The van der Waals surface area contributed by atoms with Gasteiger partial charge >= 0.3 is 0 Å². The van der Waals surface area contributed by atoms with Crippen molar-refractivity contribution in [3.05, 3.63) is 112 Å². The lowest BCUT2D eigenvalue weighted by Crippen LogP contribution is -2.55. The van der Waals surface area contributed by atoms with E-state index in [1.807, 2.05) is 67.6 Å². The molecular formula is C33H31N3O5. The van der Waals surface area contributed by atoms with Crippen LogP contribution in [-0.2, 0) is 16.9 Å². The van der Waals surface area contributed by atoms with E-state index in [0.717, 1.165) is 34.7 Å². The van der Waals surface area contributed by atoms with Crippen molar-refractivity contribution in [2.75, 3.05) is 18.5 Å². The van der Waals surface area contributed by atoms with Crippen molar-refractivity contribution in [3.63, 3.8) is 0 Å². The molecule has 0 unspecified atom stereocenters. The minimum absolute atomic E-state index is 0.140. The maximum absolute atomic E-state index is 13.7. The van der Waals surface area contributed by atoms with Crippen molar-refractivity contribution in [2.24, 2.45) is 0 Å². The summed E-state index contributed by atoms with van der Waals surface area (Å²) in [4.78, 5) is 28.5. The summed E-state index contributed by atoms with van der Waals surface area (Å²) in [7, 11) is 0. The topological polar surface area (TPSA) is 93.9 Å². The molecule has 2 fully saturated rings. The summed E-state index contributed by atoms with van der Waals surface area (Å²) in [5, 5.41) is 18.2. The number of carbonyl (C=O) groups excluding carboxylic acids is 1. The highest BCUT2D eigenvalue weighted by atomic mass is 16.6. The van der Waals surface area contributed by atoms with Crippen molar-refractivity contribution >= 4 is 22.4 Å². The molecule has 1 amide bonds. The summed E-state index contributed by atoms with van der Waals surface area (Å²) in [6.45, 7) is 3.33. The van der Waals surface area contributed by atoms with E-state index in [9.17, 15) is 14.9 Å². The average molecular weight is 550 g/mol. The van der Waals surface area contributed by atoms with E-state index in [1.165, 1.54) is 0 Å². The molecule has 0 saturated carbocycles. The Labute approximate surface area is 238 Å². The lowest BCUT2D eigenvalue weighted by atomic mass is 9.77. The van der Waals surface area contributed by atoms with Crippen LogP contribution in [0.2, 0.25) is 0 Å². The minimum Gasteiger partial charge on any atom is -0.490 e. The summed E-state index contributed by atoms with van der Waals surface area (Å²) in [5.41, 5.74) is 1.86. The largest absolute Gasteiger partial charge is 0.490 e. The zero-order chi connectivity index (χ0) is 28.1. The molecular weight excluding hydrogens is 518 g/mol. The summed E-state index contributed by atoms with van der Waals surface area (Å²) >= 11 is 0. The SMILES string of the molecule is CCOc1cc([C@@H]2[C@@H]3CCCN3[C@]3(C(=O)Nc4ccccc43)[C@@H]2[N+](=O)[O-])ccc1OCc1cccc2ccccc12. The Kier molecular flexibility index (Phi) is 6.16. The van der Waals surface area contributed by atoms with Crippen molar-refractivity contribution in [1.29, 1.82) is 0 Å². The van der Waals surface area contributed by atoms with Crippen LogP contribution >= 0.6 is 0 Å². The summed E-state index contributed by atoms with van der Waals surface area (Å²) in [6.07, 6.45) is 1.67. The fraction of sp³-hybridized carbons (Fsp3) is 0.303. The van der Waals surface area contributed by atoms with Gasteiger partial charge in [-0.1, -0.05) is 66.7 Å². The van der Waals surface area contributed by atoms with Gasteiger partial charge in [-0.15, -0.1) is 0 Å². The molecule has 7 rings (SSSR count). The number of hydrogen-bond donors (Lipinski definition) is 1. The third-order valence-corrected chi connectivity index (χ3v) is 9.01. The van der Waals surface area contributed by atoms with Gasteiger partial charge in [0.05, 0.1) is 12.5 Å². The third-order valence-electron chi connectivity index (χ3n) is 9.01. The van der Waals surface area contributed by atoms with Crippen LogP contribution in [0, 0.1) is 10.1 Å². The fourth-order valence-electron chi connectivity index (χ4n) is 7.47. The van der Waals surface area contributed by atoms with Crippen LogP contribution in [0.4, 0.5) is 5.69 Å². The maximum atomic E-state index is 13.7. The summed E-state index contributed by atoms with van der Waals surface area (Å²) in [5.74, 6) is 0.334. The van der Waals surface area contributed by atoms with Crippen LogP contribution in [-0.4, -0.2) is 41.0 Å². The first-order valence-electron chi connectivity index (χ1n) is 14.2. The molecule has 4 atom stereocenters. The first kappa shape index (κ1) is 25.5. The van der Waals surface area contributed by atoms with Gasteiger partial charge in [-0.25, -0.2) is 0 Å². The highest BCUT2D eigenvalue weighted by Crippen LogP contribution is 2.58. The molecule has 3 heterocycles. The van der Waals surface area contributed by atoms with Crippen molar-refractivity contribution < 1.29 is 19.2 Å². The molecule has 4 aromatic carbocycles. The lowest BCUT2D eigenvalue weighted by Gasteiger charge is -2.32. The molecule has 0 radical (unpaired) electrons. The van der Waals surface area contributed by atoms with Gasteiger partial charge in [-0.05, 0) is 59.9 Å². The number of hydrogen-bond acceptors (Lipinski definition) is 6. The van der Waals surface area contributed by atoms with Crippen LogP contribution in [0.15, 0.2) is 84.9 Å². The Morgan fingerprint density at radius 1 is 1.00 bits per heavy atom. The smallest absolute Gasteiger partial charge is 0.256 e. The number of benzene rings is 4. The Morgan fingerprint density at radius 2 is 1.80 bits per heavy atom. The lowest BCUT2D eigenvalue weighted by molar-refractivity contribution is -0.534. The fourth-order valence-corrected chi connectivity index (χ4v) is 7.47. The molecule has 3 aliphatic heterocycles. The molecule has 4 aromatic rings. The van der Waals surface area contributed by atoms with E-state index in [1.54, 1.807) is 0 Å². The number of ether oxygens (including phenoxy) is 2. The molecule has 0 aromatic heterocycles. The van der Waals surface area contributed by atoms with Crippen molar-refractivity contribution in [2.45, 2.75) is 49.9 Å².